The maximum atomic E-state index is 13.3. The van der Waals surface area contributed by atoms with Crippen molar-refractivity contribution in [2.75, 3.05) is 11.4 Å². The van der Waals surface area contributed by atoms with Gasteiger partial charge in [-0.05, 0) is 35.9 Å². The van der Waals surface area contributed by atoms with Gasteiger partial charge < -0.3 is 15.3 Å². The number of hydrogen-bond donors (Lipinski definition) is 2. The number of halogens is 3. The molecule has 2 amide bonds. The van der Waals surface area contributed by atoms with E-state index in [0.717, 1.165) is 16.1 Å². The van der Waals surface area contributed by atoms with Crippen molar-refractivity contribution in [3.05, 3.63) is 63.3 Å². The summed E-state index contributed by atoms with van der Waals surface area (Å²) in [4.78, 5) is 26.3. The predicted octanol–water partition coefficient (Wildman–Crippen LogP) is 3.03. The number of amides is 2. The van der Waals surface area contributed by atoms with Gasteiger partial charge in [0.15, 0.2) is 0 Å². The molecule has 2 aromatic rings. The van der Waals surface area contributed by atoms with Crippen molar-refractivity contribution >= 4 is 45.0 Å². The summed E-state index contributed by atoms with van der Waals surface area (Å²) >= 11 is 9.09. The van der Waals surface area contributed by atoms with E-state index in [0.29, 0.717) is 5.69 Å². The molecule has 1 heterocycles. The molecular weight excluding hydrogens is 427 g/mol. The fourth-order valence-corrected chi connectivity index (χ4v) is 3.41. The SMILES string of the molecule is O=C(NCc1cccc(Br)c1)C1(O)CCN(c2ccc(F)c(Cl)c2)C1=O. The molecule has 26 heavy (non-hydrogen) atoms. The molecule has 1 aliphatic heterocycles. The van der Waals surface area contributed by atoms with Crippen molar-refractivity contribution < 1.29 is 19.1 Å². The number of rotatable bonds is 4. The summed E-state index contributed by atoms with van der Waals surface area (Å²) in [6, 6.07) is 11.1. The predicted molar refractivity (Wildman–Crippen MR) is 99.3 cm³/mol. The van der Waals surface area contributed by atoms with Gasteiger partial charge in [-0.1, -0.05) is 39.7 Å². The van der Waals surface area contributed by atoms with Crippen LogP contribution in [0.15, 0.2) is 46.9 Å². The van der Waals surface area contributed by atoms with E-state index in [2.05, 4.69) is 21.2 Å². The minimum atomic E-state index is -2.16. The van der Waals surface area contributed by atoms with Crippen molar-refractivity contribution in [1.82, 2.24) is 5.32 Å². The molecule has 0 spiro atoms. The maximum Gasteiger partial charge on any atom is 0.268 e. The van der Waals surface area contributed by atoms with Crippen molar-refractivity contribution in [3.63, 3.8) is 0 Å². The fraction of sp³-hybridized carbons (Fsp3) is 0.222. The number of anilines is 1. The second-order valence-electron chi connectivity index (χ2n) is 5.98. The van der Waals surface area contributed by atoms with E-state index in [4.69, 9.17) is 11.6 Å². The first kappa shape index (κ1) is 18.8. The first-order valence-electron chi connectivity index (χ1n) is 7.83. The van der Waals surface area contributed by atoms with E-state index in [1.807, 2.05) is 24.3 Å². The number of aliphatic hydroxyl groups is 1. The lowest BCUT2D eigenvalue weighted by molar-refractivity contribution is -0.149. The molecule has 0 bridgehead atoms. The van der Waals surface area contributed by atoms with Crippen molar-refractivity contribution in [2.45, 2.75) is 18.6 Å². The van der Waals surface area contributed by atoms with Gasteiger partial charge in [0, 0.05) is 29.7 Å². The zero-order valence-electron chi connectivity index (χ0n) is 13.5. The molecule has 1 saturated heterocycles. The van der Waals surface area contributed by atoms with E-state index in [-0.39, 0.29) is 24.5 Å². The van der Waals surface area contributed by atoms with Crippen LogP contribution in [0.5, 0.6) is 0 Å². The van der Waals surface area contributed by atoms with Crippen LogP contribution < -0.4 is 10.2 Å². The van der Waals surface area contributed by atoms with Crippen LogP contribution in [0.1, 0.15) is 12.0 Å². The zero-order valence-corrected chi connectivity index (χ0v) is 15.8. The second-order valence-corrected chi connectivity index (χ2v) is 7.30. The van der Waals surface area contributed by atoms with Crippen LogP contribution in [-0.2, 0) is 16.1 Å². The average molecular weight is 442 g/mol. The number of hydrogen-bond acceptors (Lipinski definition) is 3. The first-order valence-corrected chi connectivity index (χ1v) is 9.00. The van der Waals surface area contributed by atoms with Gasteiger partial charge in [0.2, 0.25) is 5.60 Å². The van der Waals surface area contributed by atoms with Gasteiger partial charge in [-0.3, -0.25) is 9.59 Å². The van der Waals surface area contributed by atoms with Gasteiger partial charge in [-0.25, -0.2) is 4.39 Å². The minimum Gasteiger partial charge on any atom is -0.372 e. The molecule has 1 fully saturated rings. The van der Waals surface area contributed by atoms with Crippen molar-refractivity contribution in [1.29, 1.82) is 0 Å². The minimum absolute atomic E-state index is 0.0643. The first-order chi connectivity index (χ1) is 12.3. The summed E-state index contributed by atoms with van der Waals surface area (Å²) in [5.41, 5.74) is -1.01. The molecule has 2 aromatic carbocycles. The van der Waals surface area contributed by atoms with Crippen molar-refractivity contribution in [2.24, 2.45) is 0 Å². The van der Waals surface area contributed by atoms with E-state index in [1.54, 1.807) is 0 Å². The highest BCUT2D eigenvalue weighted by atomic mass is 79.9. The Kier molecular flexibility index (Phi) is 5.32. The van der Waals surface area contributed by atoms with Gasteiger partial charge >= 0.3 is 0 Å². The molecule has 8 heteroatoms. The lowest BCUT2D eigenvalue weighted by atomic mass is 10.0. The molecule has 0 radical (unpaired) electrons. The molecule has 0 aliphatic carbocycles. The van der Waals surface area contributed by atoms with Crippen LogP contribution in [0.4, 0.5) is 10.1 Å². The van der Waals surface area contributed by atoms with E-state index in [9.17, 15) is 19.1 Å². The van der Waals surface area contributed by atoms with Crippen LogP contribution in [0.25, 0.3) is 0 Å². The smallest absolute Gasteiger partial charge is 0.268 e. The fourth-order valence-electron chi connectivity index (χ4n) is 2.79. The number of carbonyl (C=O) groups excluding carboxylic acids is 2. The third kappa shape index (κ3) is 3.60. The number of benzene rings is 2. The molecule has 1 atom stereocenters. The van der Waals surface area contributed by atoms with Gasteiger partial charge in [-0.15, -0.1) is 0 Å². The number of nitrogens with one attached hydrogen (secondary N) is 1. The highest BCUT2D eigenvalue weighted by Gasteiger charge is 2.51. The van der Waals surface area contributed by atoms with Crippen molar-refractivity contribution in [3.8, 4) is 0 Å². The third-order valence-electron chi connectivity index (χ3n) is 4.23. The monoisotopic (exact) mass is 440 g/mol. The molecule has 3 rings (SSSR count). The van der Waals surface area contributed by atoms with E-state index >= 15 is 0 Å². The lowest BCUT2D eigenvalue weighted by Gasteiger charge is -2.22. The number of nitrogens with zero attached hydrogens (tertiary/aromatic N) is 1. The van der Waals surface area contributed by atoms with Crippen LogP contribution in [0.3, 0.4) is 0 Å². The Morgan fingerprint density at radius 3 is 2.81 bits per heavy atom. The van der Waals surface area contributed by atoms with E-state index < -0.39 is 23.2 Å². The summed E-state index contributed by atoms with van der Waals surface area (Å²) in [5, 5.41) is 13.1. The Hall–Kier alpha value is -1.96. The highest BCUT2D eigenvalue weighted by molar-refractivity contribution is 9.10. The number of carbonyl (C=O) groups is 2. The average Bonchev–Trinajstić information content (AvgIpc) is 2.92. The summed E-state index contributed by atoms with van der Waals surface area (Å²) in [7, 11) is 0. The van der Waals surface area contributed by atoms with Gasteiger partial charge in [0.05, 0.1) is 5.02 Å². The lowest BCUT2D eigenvalue weighted by Crippen LogP contribution is -2.52. The largest absolute Gasteiger partial charge is 0.372 e. The summed E-state index contributed by atoms with van der Waals surface area (Å²) in [6.45, 7) is 0.303. The highest BCUT2D eigenvalue weighted by Crippen LogP contribution is 2.31. The summed E-state index contributed by atoms with van der Waals surface area (Å²) in [5.74, 6) is -2.13. The Morgan fingerprint density at radius 1 is 1.35 bits per heavy atom. The molecule has 1 unspecified atom stereocenters. The third-order valence-corrected chi connectivity index (χ3v) is 5.01. The molecule has 5 nitrogen and oxygen atoms in total. The molecule has 1 aliphatic rings. The Balaban J connectivity index is 1.72. The van der Waals surface area contributed by atoms with Gasteiger partial charge in [0.25, 0.3) is 11.8 Å². The van der Waals surface area contributed by atoms with Crippen LogP contribution in [0, 0.1) is 5.82 Å². The van der Waals surface area contributed by atoms with Crippen LogP contribution >= 0.6 is 27.5 Å². The molecule has 136 valence electrons. The Morgan fingerprint density at radius 2 is 2.12 bits per heavy atom. The maximum absolute atomic E-state index is 13.3. The molecule has 2 N–H and O–H groups in total. The second kappa shape index (κ2) is 7.34. The Labute approximate surface area is 162 Å². The standard InChI is InChI=1S/C18H15BrClFN2O3/c19-12-3-1-2-11(8-12)10-22-16(24)18(26)6-7-23(17(18)25)13-4-5-15(21)14(20)9-13/h1-5,8-9,26H,6-7,10H2,(H,22,24). The van der Waals surface area contributed by atoms with Crippen LogP contribution in [-0.4, -0.2) is 29.1 Å². The quantitative estimate of drug-likeness (QED) is 0.717. The van der Waals surface area contributed by atoms with Gasteiger partial charge in [0.1, 0.15) is 5.82 Å². The zero-order chi connectivity index (χ0) is 18.9. The molecular formula is C18H15BrClFN2O3. The van der Waals surface area contributed by atoms with Crippen LogP contribution in [0.2, 0.25) is 5.02 Å². The topological polar surface area (TPSA) is 69.6 Å². The van der Waals surface area contributed by atoms with Gasteiger partial charge in [-0.2, -0.15) is 0 Å². The van der Waals surface area contributed by atoms with E-state index in [1.165, 1.54) is 17.0 Å². The molecule has 0 saturated carbocycles. The summed E-state index contributed by atoms with van der Waals surface area (Å²) < 4.78 is 14.2. The Bertz CT molecular complexity index is 879. The summed E-state index contributed by atoms with van der Waals surface area (Å²) in [6.07, 6.45) is -0.0643. The normalized spacial score (nSPS) is 19.7. The molecule has 0 aromatic heterocycles.